The topological polar surface area (TPSA) is 109 Å². The third kappa shape index (κ3) is 3.11. The molecule has 1 unspecified atom stereocenters. The summed E-state index contributed by atoms with van der Waals surface area (Å²) in [5.41, 5.74) is 8.55. The first-order valence-corrected chi connectivity index (χ1v) is 13.2. The molecule has 0 saturated carbocycles. The van der Waals surface area contributed by atoms with Crippen LogP contribution in [0.25, 0.3) is 76.7 Å². The molecule has 8 rings (SSSR count). The van der Waals surface area contributed by atoms with Gasteiger partial charge in [0.05, 0.1) is 33.1 Å². The summed E-state index contributed by atoms with van der Waals surface area (Å²) >= 11 is 0. The van der Waals surface area contributed by atoms with E-state index in [1.807, 2.05) is 13.1 Å². The number of aryl methyl sites for hydroxylation is 1. The third-order valence-corrected chi connectivity index (χ3v) is 7.94. The lowest BCUT2D eigenvalue weighted by Crippen LogP contribution is -1.93. The lowest BCUT2D eigenvalue weighted by atomic mass is 9.96. The molecule has 0 fully saturated rings. The standard InChI is InChI=1S/C31H24N8/c1-4-15(2)31-38-27-20-8-6-18(12-22(20)24-28(30(27)39-31)34-10-9-33-24)17-5-7-19-21(11-17)23-13-32-14-35-25(23)29-26(19)36-16(3)37-29/h5-15H,4H2,1-3H3,(H,36,37)(H,38,39). The Bertz CT molecular complexity index is 2260. The van der Waals surface area contributed by atoms with Crippen LogP contribution < -0.4 is 0 Å². The minimum atomic E-state index is 0.333. The van der Waals surface area contributed by atoms with Crippen molar-refractivity contribution in [2.45, 2.75) is 33.1 Å². The Balaban J connectivity index is 1.41. The smallest absolute Gasteiger partial charge is 0.116 e. The first-order chi connectivity index (χ1) is 19.1. The van der Waals surface area contributed by atoms with Gasteiger partial charge in [0.25, 0.3) is 0 Å². The van der Waals surface area contributed by atoms with E-state index in [-0.39, 0.29) is 0 Å². The fraction of sp³-hybridized carbons (Fsp3) is 0.161. The van der Waals surface area contributed by atoms with Crippen LogP contribution >= 0.6 is 0 Å². The highest BCUT2D eigenvalue weighted by molar-refractivity contribution is 6.23. The lowest BCUT2D eigenvalue weighted by Gasteiger charge is -2.10. The second-order valence-electron chi connectivity index (χ2n) is 10.3. The maximum atomic E-state index is 5.02. The first kappa shape index (κ1) is 22.0. The van der Waals surface area contributed by atoms with Gasteiger partial charge in [0.1, 0.15) is 23.5 Å². The van der Waals surface area contributed by atoms with Crippen LogP contribution in [0.4, 0.5) is 0 Å². The van der Waals surface area contributed by atoms with Gasteiger partial charge in [0.2, 0.25) is 0 Å². The molecule has 8 aromatic rings. The van der Waals surface area contributed by atoms with Gasteiger partial charge < -0.3 is 9.97 Å². The number of fused-ring (bicyclic) bond motifs is 12. The first-order valence-electron chi connectivity index (χ1n) is 13.2. The van der Waals surface area contributed by atoms with E-state index in [0.29, 0.717) is 5.92 Å². The summed E-state index contributed by atoms with van der Waals surface area (Å²) in [5.74, 6) is 2.18. The van der Waals surface area contributed by atoms with E-state index in [4.69, 9.17) is 19.9 Å². The maximum absolute atomic E-state index is 5.02. The van der Waals surface area contributed by atoms with Crippen molar-refractivity contribution in [3.8, 4) is 11.1 Å². The highest BCUT2D eigenvalue weighted by Gasteiger charge is 2.18. The Hall–Kier alpha value is -4.98. The van der Waals surface area contributed by atoms with E-state index < -0.39 is 0 Å². The summed E-state index contributed by atoms with van der Waals surface area (Å²) in [5, 5.41) is 5.26. The number of hydrogen-bond donors (Lipinski definition) is 2. The number of imidazole rings is 2. The number of rotatable bonds is 3. The van der Waals surface area contributed by atoms with Crippen molar-refractivity contribution in [2.24, 2.45) is 0 Å². The van der Waals surface area contributed by atoms with Gasteiger partial charge in [-0.3, -0.25) is 9.97 Å². The number of hydrogen-bond acceptors (Lipinski definition) is 6. The predicted octanol–water partition coefficient (Wildman–Crippen LogP) is 7.12. The average Bonchev–Trinajstić information content (AvgIpc) is 3.61. The quantitative estimate of drug-likeness (QED) is 0.246. The van der Waals surface area contributed by atoms with Crippen molar-refractivity contribution in [1.29, 1.82) is 0 Å². The molecule has 4 aromatic heterocycles. The molecule has 0 bridgehead atoms. The summed E-state index contributed by atoms with van der Waals surface area (Å²) < 4.78 is 0. The summed E-state index contributed by atoms with van der Waals surface area (Å²) in [6.45, 7) is 6.34. The summed E-state index contributed by atoms with van der Waals surface area (Å²) in [4.78, 5) is 35.1. The van der Waals surface area contributed by atoms with Gasteiger partial charge >= 0.3 is 0 Å². The highest BCUT2D eigenvalue weighted by Crippen LogP contribution is 2.38. The molecule has 39 heavy (non-hydrogen) atoms. The van der Waals surface area contributed by atoms with E-state index in [2.05, 4.69) is 70.2 Å². The molecule has 0 amide bonds. The predicted molar refractivity (Wildman–Crippen MR) is 156 cm³/mol. The van der Waals surface area contributed by atoms with Crippen molar-refractivity contribution >= 4 is 65.5 Å². The minimum Gasteiger partial charge on any atom is -0.340 e. The Labute approximate surface area is 222 Å². The van der Waals surface area contributed by atoms with Crippen molar-refractivity contribution in [3.05, 3.63) is 73.0 Å². The van der Waals surface area contributed by atoms with Gasteiger partial charge in [-0.1, -0.05) is 38.1 Å². The minimum absolute atomic E-state index is 0.333. The van der Waals surface area contributed by atoms with Gasteiger partial charge in [0, 0.05) is 46.1 Å². The molecule has 188 valence electrons. The molecule has 8 nitrogen and oxygen atoms in total. The SMILES string of the molecule is CCC(C)c1nc2c3ccc(-c4ccc5c(c4)c4cncnc4c4[nH]c(C)nc54)cc3c3nccnc3c2[nH]1. The van der Waals surface area contributed by atoms with E-state index >= 15 is 0 Å². The van der Waals surface area contributed by atoms with Gasteiger partial charge in [-0.05, 0) is 42.0 Å². The van der Waals surface area contributed by atoms with Gasteiger partial charge in [-0.15, -0.1) is 0 Å². The fourth-order valence-electron chi connectivity index (χ4n) is 5.77. The van der Waals surface area contributed by atoms with Crippen LogP contribution in [0, 0.1) is 6.92 Å². The zero-order chi connectivity index (χ0) is 26.2. The van der Waals surface area contributed by atoms with Crippen LogP contribution in [0.5, 0.6) is 0 Å². The number of aromatic amines is 2. The van der Waals surface area contributed by atoms with Crippen LogP contribution in [0.15, 0.2) is 61.3 Å². The van der Waals surface area contributed by atoms with E-state index in [1.54, 1.807) is 18.7 Å². The van der Waals surface area contributed by atoms with E-state index in [1.165, 1.54) is 0 Å². The van der Waals surface area contributed by atoms with Gasteiger partial charge in [-0.2, -0.15) is 0 Å². The molecule has 0 aliphatic rings. The molecule has 0 aliphatic heterocycles. The van der Waals surface area contributed by atoms with E-state index in [9.17, 15) is 0 Å². The summed E-state index contributed by atoms with van der Waals surface area (Å²) in [6.07, 6.45) is 7.99. The normalized spacial score (nSPS) is 13.0. The van der Waals surface area contributed by atoms with Crippen LogP contribution in [-0.2, 0) is 0 Å². The summed E-state index contributed by atoms with van der Waals surface area (Å²) in [6, 6.07) is 13.1. The molecule has 4 heterocycles. The van der Waals surface area contributed by atoms with Crippen LogP contribution in [0.2, 0.25) is 0 Å². The van der Waals surface area contributed by atoms with Crippen molar-refractivity contribution in [1.82, 2.24) is 39.9 Å². The number of benzene rings is 4. The molecule has 0 spiro atoms. The zero-order valence-electron chi connectivity index (χ0n) is 21.7. The van der Waals surface area contributed by atoms with Crippen LogP contribution in [0.1, 0.15) is 37.8 Å². The molecular weight excluding hydrogens is 484 g/mol. The number of aromatic nitrogens is 8. The van der Waals surface area contributed by atoms with Crippen molar-refractivity contribution in [3.63, 3.8) is 0 Å². The maximum Gasteiger partial charge on any atom is 0.116 e. The summed E-state index contributed by atoms with van der Waals surface area (Å²) in [7, 11) is 0. The Morgan fingerprint density at radius 2 is 1.38 bits per heavy atom. The Kier molecular flexibility index (Phi) is 4.53. The highest BCUT2D eigenvalue weighted by atomic mass is 15.0. The molecule has 2 N–H and O–H groups in total. The lowest BCUT2D eigenvalue weighted by molar-refractivity contribution is 0.692. The number of nitrogens with zero attached hydrogens (tertiary/aromatic N) is 6. The van der Waals surface area contributed by atoms with Crippen LogP contribution in [0.3, 0.4) is 0 Å². The van der Waals surface area contributed by atoms with Gasteiger partial charge in [0.15, 0.2) is 0 Å². The fourth-order valence-corrected chi connectivity index (χ4v) is 5.77. The molecular formula is C31H24N8. The molecule has 0 radical (unpaired) electrons. The largest absolute Gasteiger partial charge is 0.340 e. The molecule has 1 atom stereocenters. The van der Waals surface area contributed by atoms with Crippen molar-refractivity contribution in [2.75, 3.05) is 0 Å². The third-order valence-electron chi connectivity index (χ3n) is 7.94. The number of H-pyrrole nitrogens is 2. The van der Waals surface area contributed by atoms with Crippen molar-refractivity contribution < 1.29 is 0 Å². The van der Waals surface area contributed by atoms with Gasteiger partial charge in [-0.25, -0.2) is 19.9 Å². The molecule has 0 saturated heterocycles. The monoisotopic (exact) mass is 508 g/mol. The zero-order valence-corrected chi connectivity index (χ0v) is 21.7. The average molecular weight is 509 g/mol. The number of nitrogens with one attached hydrogen (secondary N) is 2. The Morgan fingerprint density at radius 3 is 2.18 bits per heavy atom. The Morgan fingerprint density at radius 1 is 0.692 bits per heavy atom. The second-order valence-corrected chi connectivity index (χ2v) is 10.3. The molecule has 4 aromatic carbocycles. The molecule has 0 aliphatic carbocycles. The van der Waals surface area contributed by atoms with E-state index in [0.717, 1.165) is 94.7 Å². The second kappa shape index (κ2) is 8.01. The molecule has 8 heteroatoms. The van der Waals surface area contributed by atoms with Crippen LogP contribution in [-0.4, -0.2) is 39.9 Å².